The highest BCUT2D eigenvalue weighted by molar-refractivity contribution is 5.48. The number of allylic oxidation sites excluding steroid dienone is 4. The van der Waals surface area contributed by atoms with Gasteiger partial charge < -0.3 is 5.41 Å². The van der Waals surface area contributed by atoms with E-state index in [1.165, 1.54) is 6.21 Å². The van der Waals surface area contributed by atoms with Crippen molar-refractivity contribution < 1.29 is 0 Å². The number of hydrogen-bond donors (Lipinski definition) is 1. The number of nitrogens with one attached hydrogen (secondary N) is 1. The molecule has 0 saturated heterocycles. The van der Waals surface area contributed by atoms with Crippen molar-refractivity contribution in [3.63, 3.8) is 0 Å². The lowest BCUT2D eigenvalue weighted by molar-refractivity contribution is 1.22. The van der Waals surface area contributed by atoms with Gasteiger partial charge in [-0.15, -0.1) is 11.8 Å². The maximum atomic E-state index is 6.08. The van der Waals surface area contributed by atoms with Crippen LogP contribution in [0.3, 0.4) is 0 Å². The molecule has 1 heteroatoms. The van der Waals surface area contributed by atoms with Crippen LogP contribution in [0.2, 0.25) is 0 Å². The Morgan fingerprint density at radius 1 is 0.600 bits per heavy atom. The molecule has 0 atom stereocenters. The van der Waals surface area contributed by atoms with Gasteiger partial charge in [0.2, 0.25) is 0 Å². The van der Waals surface area contributed by atoms with Gasteiger partial charge in [0.15, 0.2) is 0 Å². The van der Waals surface area contributed by atoms with Crippen LogP contribution in [0.5, 0.6) is 0 Å². The molecule has 0 radical (unpaired) electrons. The molecule has 25 heavy (non-hydrogen) atoms. The highest BCUT2D eigenvalue weighted by atomic mass is 14.3. The molecule has 0 unspecified atom stereocenters. The second kappa shape index (κ2) is 180. The average Bonchev–Trinajstić information content (AvgIpc) is 2.71. The van der Waals surface area contributed by atoms with E-state index < -0.39 is 0 Å². The summed E-state index contributed by atoms with van der Waals surface area (Å²) < 4.78 is 0. The summed E-state index contributed by atoms with van der Waals surface area (Å²) in [6.45, 7) is 29.6. The third-order valence-electron chi connectivity index (χ3n) is 1.19. The van der Waals surface area contributed by atoms with Gasteiger partial charge in [0.1, 0.15) is 0 Å². The van der Waals surface area contributed by atoms with Crippen LogP contribution < -0.4 is 0 Å². The van der Waals surface area contributed by atoms with Crippen LogP contribution in [0.4, 0.5) is 0 Å². The molecule has 0 heterocycles. The molecule has 0 amide bonds. The van der Waals surface area contributed by atoms with E-state index in [0.29, 0.717) is 0 Å². The lowest BCUT2D eigenvalue weighted by atomic mass is 10.4. The average molecular weight is 358 g/mol. The molecule has 1 nitrogen and oxygen atoms in total. The Balaban J connectivity index is -0.0000000229. The van der Waals surface area contributed by atoms with Crippen LogP contribution in [0.1, 0.15) is 117 Å². The van der Waals surface area contributed by atoms with Crippen molar-refractivity contribution in [2.75, 3.05) is 0 Å². The first-order valence-electron chi connectivity index (χ1n) is 10.2. The van der Waals surface area contributed by atoms with Gasteiger partial charge in [-0.05, 0) is 53.7 Å². The minimum Gasteiger partial charge on any atom is -0.313 e. The largest absolute Gasteiger partial charge is 0.313 e. The van der Waals surface area contributed by atoms with Gasteiger partial charge in [0.05, 0.1) is 0 Å². The van der Waals surface area contributed by atoms with E-state index in [1.807, 2.05) is 83.1 Å². The maximum absolute atomic E-state index is 6.08. The summed E-state index contributed by atoms with van der Waals surface area (Å²) in [6.07, 6.45) is 11.9. The molecule has 0 aromatic heterocycles. The third-order valence-corrected chi connectivity index (χ3v) is 1.19. The normalized spacial score (nSPS) is 6.04. The summed E-state index contributed by atoms with van der Waals surface area (Å²) in [6, 6.07) is 0. The topological polar surface area (TPSA) is 23.9 Å². The first kappa shape index (κ1) is 49.5. The lowest BCUT2D eigenvalue weighted by Gasteiger charge is -1.65. The van der Waals surface area contributed by atoms with E-state index in [0.717, 1.165) is 12.8 Å². The summed E-state index contributed by atoms with van der Waals surface area (Å²) in [4.78, 5) is 0. The molecule has 0 aliphatic rings. The Morgan fingerprint density at radius 2 is 0.760 bits per heavy atom. The monoisotopic (exact) mass is 357 g/mol. The number of rotatable bonds is 2. The summed E-state index contributed by atoms with van der Waals surface area (Å²) in [5.74, 6) is 5.36. The van der Waals surface area contributed by atoms with Crippen molar-refractivity contribution in [3.8, 4) is 11.8 Å². The van der Waals surface area contributed by atoms with E-state index in [9.17, 15) is 0 Å². The Hall–Kier alpha value is -1.29. The quantitative estimate of drug-likeness (QED) is 0.289. The molecular formula is C24H55N. The van der Waals surface area contributed by atoms with Crippen LogP contribution in [0, 0.1) is 17.3 Å². The summed E-state index contributed by atoms with van der Waals surface area (Å²) in [5.41, 5.74) is 0. The van der Waals surface area contributed by atoms with Crippen molar-refractivity contribution in [1.82, 2.24) is 0 Å². The van der Waals surface area contributed by atoms with Crippen molar-refractivity contribution in [2.45, 2.75) is 117 Å². The zero-order chi connectivity index (χ0) is 22.4. The zero-order valence-corrected chi connectivity index (χ0v) is 20.8. The molecule has 0 aliphatic carbocycles. The van der Waals surface area contributed by atoms with Crippen LogP contribution in [0.25, 0.3) is 0 Å². The molecule has 0 aliphatic heterocycles. The van der Waals surface area contributed by atoms with Crippen molar-refractivity contribution >= 4 is 6.21 Å². The summed E-state index contributed by atoms with van der Waals surface area (Å²) in [5, 5.41) is 6.08. The fraction of sp³-hybridized carbons (Fsp3) is 0.708. The molecule has 0 spiro atoms. The van der Waals surface area contributed by atoms with E-state index in [1.54, 1.807) is 6.92 Å². The lowest BCUT2D eigenvalue weighted by Crippen LogP contribution is -1.43. The molecule has 156 valence electrons. The van der Waals surface area contributed by atoms with Crippen molar-refractivity contribution in [2.24, 2.45) is 0 Å². The second-order valence-electron chi connectivity index (χ2n) is 2.74. The molecule has 0 saturated carbocycles. The molecule has 0 fully saturated rings. The van der Waals surface area contributed by atoms with E-state index in [4.69, 9.17) is 5.41 Å². The molecule has 0 rings (SSSR count). The van der Waals surface area contributed by atoms with Crippen molar-refractivity contribution in [3.05, 3.63) is 24.3 Å². The van der Waals surface area contributed by atoms with Gasteiger partial charge in [-0.25, -0.2) is 0 Å². The van der Waals surface area contributed by atoms with Crippen LogP contribution in [0.15, 0.2) is 24.3 Å². The molecule has 0 bridgehead atoms. The Morgan fingerprint density at radius 3 is 0.760 bits per heavy atom. The number of hydrogen-bond acceptors (Lipinski definition) is 1. The predicted octanol–water partition coefficient (Wildman–Crippen LogP) is 9.74. The van der Waals surface area contributed by atoms with Gasteiger partial charge >= 0.3 is 0 Å². The fourth-order valence-electron chi connectivity index (χ4n) is 0.471. The Kier molecular flexibility index (Phi) is 357. The standard InChI is InChI=1S/2C5H10.C4H6.C2H5N.4C2H6/c2*1-3-5-4-2;1-3-4-2;1-2-3;4*1-2/h2*3,5H,4H2,1-2H3;1-2H3;2-3H,1H3;4*1-2H3/b5-3-;;;;;;;. The van der Waals surface area contributed by atoms with E-state index in [-0.39, 0.29) is 0 Å². The highest BCUT2D eigenvalue weighted by Crippen LogP contribution is 1.74. The van der Waals surface area contributed by atoms with E-state index in [2.05, 4.69) is 50.0 Å². The van der Waals surface area contributed by atoms with Gasteiger partial charge in [0.25, 0.3) is 0 Å². The molecule has 1 N–H and O–H groups in total. The zero-order valence-electron chi connectivity index (χ0n) is 20.8. The highest BCUT2D eigenvalue weighted by Gasteiger charge is 1.52. The maximum Gasteiger partial charge on any atom is -0.00271 e. The second-order valence-corrected chi connectivity index (χ2v) is 2.74. The van der Waals surface area contributed by atoms with Gasteiger partial charge in [-0.2, -0.15) is 0 Å². The molecular weight excluding hydrogens is 302 g/mol. The van der Waals surface area contributed by atoms with Crippen LogP contribution in [-0.2, 0) is 0 Å². The SMILES string of the molecule is C/C=C\CC.CC.CC.CC.CC.CC#CC.CC=CCC.CC=N. The fourth-order valence-corrected chi connectivity index (χ4v) is 0.471. The van der Waals surface area contributed by atoms with E-state index >= 15 is 0 Å². The third kappa shape index (κ3) is 708. The van der Waals surface area contributed by atoms with Gasteiger partial charge in [-0.1, -0.05) is 93.5 Å². The van der Waals surface area contributed by atoms with Gasteiger partial charge in [0, 0.05) is 0 Å². The smallest absolute Gasteiger partial charge is 0.00271 e. The van der Waals surface area contributed by atoms with Crippen LogP contribution >= 0.6 is 0 Å². The van der Waals surface area contributed by atoms with Crippen LogP contribution in [-0.4, -0.2) is 6.21 Å². The first-order chi connectivity index (χ1) is 12.2. The Labute approximate surface area is 164 Å². The predicted molar refractivity (Wildman–Crippen MR) is 129 cm³/mol. The van der Waals surface area contributed by atoms with Gasteiger partial charge in [-0.3, -0.25) is 0 Å². The minimum atomic E-state index is 1.16. The van der Waals surface area contributed by atoms with Crippen molar-refractivity contribution in [1.29, 1.82) is 5.41 Å². The Bertz CT molecular complexity index is 184. The minimum absolute atomic E-state index is 1.16. The summed E-state index contributed by atoms with van der Waals surface area (Å²) >= 11 is 0. The molecule has 0 aromatic rings. The first-order valence-corrected chi connectivity index (χ1v) is 10.2. The molecule has 0 aromatic carbocycles. The summed E-state index contributed by atoms with van der Waals surface area (Å²) in [7, 11) is 0.